The zero-order chi connectivity index (χ0) is 13.0. The van der Waals surface area contributed by atoms with Gasteiger partial charge in [0.2, 0.25) is 0 Å². The molecule has 1 aromatic rings. The lowest BCUT2D eigenvalue weighted by atomic mass is 10.0. The highest BCUT2D eigenvalue weighted by atomic mass is 16.5. The number of benzene rings is 1. The van der Waals surface area contributed by atoms with Crippen LogP contribution in [0.15, 0.2) is 18.2 Å². The van der Waals surface area contributed by atoms with E-state index in [1.807, 2.05) is 6.07 Å². The molecule has 1 heterocycles. The van der Waals surface area contributed by atoms with Gasteiger partial charge >= 0.3 is 0 Å². The molecule has 3 heteroatoms. The van der Waals surface area contributed by atoms with Crippen molar-refractivity contribution in [2.24, 2.45) is 0 Å². The molecule has 1 aromatic carbocycles. The molecule has 0 N–H and O–H groups in total. The Morgan fingerprint density at radius 2 is 2.28 bits per heavy atom. The van der Waals surface area contributed by atoms with Crippen molar-refractivity contribution in [3.63, 3.8) is 0 Å². The smallest absolute Gasteiger partial charge is 0.123 e. The molecule has 1 fully saturated rings. The highest BCUT2D eigenvalue weighted by Gasteiger charge is 2.22. The lowest BCUT2D eigenvalue weighted by Gasteiger charge is -2.31. The van der Waals surface area contributed by atoms with E-state index in [0.29, 0.717) is 0 Å². The van der Waals surface area contributed by atoms with Crippen LogP contribution in [0, 0.1) is 18.3 Å². The van der Waals surface area contributed by atoms with Gasteiger partial charge < -0.3 is 4.74 Å². The Labute approximate surface area is 109 Å². The third-order valence-electron chi connectivity index (χ3n) is 3.57. The second-order valence-electron chi connectivity index (χ2n) is 4.93. The number of ether oxygens (including phenoxy) is 1. The SMILES string of the molecule is COc1ccc(C)cc1CN1CCCCC1C#N. The van der Waals surface area contributed by atoms with E-state index in [4.69, 9.17) is 4.74 Å². The van der Waals surface area contributed by atoms with Gasteiger partial charge in [-0.15, -0.1) is 0 Å². The van der Waals surface area contributed by atoms with Crippen LogP contribution in [0.4, 0.5) is 0 Å². The number of nitriles is 1. The molecule has 1 aliphatic heterocycles. The van der Waals surface area contributed by atoms with E-state index in [0.717, 1.165) is 25.3 Å². The predicted octanol–water partition coefficient (Wildman–Crippen LogP) is 2.88. The van der Waals surface area contributed by atoms with Crippen LogP contribution in [0.2, 0.25) is 0 Å². The molecular weight excluding hydrogens is 224 g/mol. The first-order chi connectivity index (χ1) is 8.74. The highest BCUT2D eigenvalue weighted by molar-refractivity contribution is 5.37. The van der Waals surface area contributed by atoms with Crippen LogP contribution in [0.5, 0.6) is 5.75 Å². The van der Waals surface area contributed by atoms with Gasteiger partial charge in [-0.2, -0.15) is 5.26 Å². The molecule has 96 valence electrons. The van der Waals surface area contributed by atoms with Crippen LogP contribution in [0.25, 0.3) is 0 Å². The first-order valence-corrected chi connectivity index (χ1v) is 6.52. The molecule has 1 aliphatic rings. The van der Waals surface area contributed by atoms with E-state index in [1.54, 1.807) is 7.11 Å². The van der Waals surface area contributed by atoms with Crippen LogP contribution in [-0.2, 0) is 6.54 Å². The van der Waals surface area contributed by atoms with Crippen LogP contribution < -0.4 is 4.74 Å². The van der Waals surface area contributed by atoms with Crippen LogP contribution in [0.1, 0.15) is 30.4 Å². The fourth-order valence-corrected chi connectivity index (χ4v) is 2.58. The monoisotopic (exact) mass is 244 g/mol. The van der Waals surface area contributed by atoms with Gasteiger partial charge in [0.05, 0.1) is 19.2 Å². The fraction of sp³-hybridized carbons (Fsp3) is 0.533. The summed E-state index contributed by atoms with van der Waals surface area (Å²) in [5, 5.41) is 9.20. The van der Waals surface area contributed by atoms with Crippen molar-refractivity contribution in [1.29, 1.82) is 5.26 Å². The average Bonchev–Trinajstić information content (AvgIpc) is 2.40. The number of aryl methyl sites for hydroxylation is 1. The Balaban J connectivity index is 2.17. The first kappa shape index (κ1) is 12.9. The van der Waals surface area contributed by atoms with Crippen molar-refractivity contribution in [1.82, 2.24) is 4.90 Å². The van der Waals surface area contributed by atoms with Gasteiger partial charge in [0, 0.05) is 12.1 Å². The van der Waals surface area contributed by atoms with Gasteiger partial charge in [-0.3, -0.25) is 4.90 Å². The molecule has 0 aliphatic carbocycles. The number of methoxy groups -OCH3 is 1. The van der Waals surface area contributed by atoms with Gasteiger partial charge in [-0.25, -0.2) is 0 Å². The summed E-state index contributed by atoms with van der Waals surface area (Å²) in [7, 11) is 1.70. The fourth-order valence-electron chi connectivity index (χ4n) is 2.58. The molecule has 18 heavy (non-hydrogen) atoms. The number of hydrogen-bond acceptors (Lipinski definition) is 3. The largest absolute Gasteiger partial charge is 0.496 e. The second kappa shape index (κ2) is 5.88. The third kappa shape index (κ3) is 2.83. The van der Waals surface area contributed by atoms with Gasteiger partial charge in [-0.05, 0) is 38.8 Å². The molecule has 1 atom stereocenters. The number of rotatable bonds is 3. The lowest BCUT2D eigenvalue weighted by Crippen LogP contribution is -2.37. The minimum atomic E-state index is 0.0592. The topological polar surface area (TPSA) is 36.3 Å². The maximum atomic E-state index is 9.20. The van der Waals surface area contributed by atoms with Crippen molar-refractivity contribution >= 4 is 0 Å². The molecule has 3 nitrogen and oxygen atoms in total. The molecule has 2 rings (SSSR count). The second-order valence-corrected chi connectivity index (χ2v) is 4.93. The van der Waals surface area contributed by atoms with Gasteiger partial charge in [0.15, 0.2) is 0 Å². The minimum absolute atomic E-state index is 0.0592. The standard InChI is InChI=1S/C15H20N2O/c1-12-6-7-15(18-2)13(9-12)11-17-8-4-3-5-14(17)10-16/h6-7,9,14H,3-5,8,11H2,1-2H3. The van der Waals surface area contributed by atoms with Crippen molar-refractivity contribution < 1.29 is 4.74 Å². The molecule has 0 bridgehead atoms. The van der Waals surface area contributed by atoms with Crippen molar-refractivity contribution in [2.75, 3.05) is 13.7 Å². The van der Waals surface area contributed by atoms with E-state index in [-0.39, 0.29) is 6.04 Å². The lowest BCUT2D eigenvalue weighted by molar-refractivity contribution is 0.174. The number of piperidine rings is 1. The van der Waals surface area contributed by atoms with Crippen molar-refractivity contribution in [3.05, 3.63) is 29.3 Å². The van der Waals surface area contributed by atoms with Crippen molar-refractivity contribution in [3.8, 4) is 11.8 Å². The third-order valence-corrected chi connectivity index (χ3v) is 3.57. The Bertz CT molecular complexity index is 450. The number of nitrogens with zero attached hydrogens (tertiary/aromatic N) is 2. The summed E-state index contributed by atoms with van der Waals surface area (Å²) in [5.41, 5.74) is 2.41. The van der Waals surface area contributed by atoms with E-state index in [9.17, 15) is 5.26 Å². The minimum Gasteiger partial charge on any atom is -0.496 e. The Morgan fingerprint density at radius 1 is 1.44 bits per heavy atom. The van der Waals surface area contributed by atoms with Crippen molar-refractivity contribution in [2.45, 2.75) is 38.8 Å². The predicted molar refractivity (Wildman–Crippen MR) is 71.4 cm³/mol. The Hall–Kier alpha value is -1.53. The summed E-state index contributed by atoms with van der Waals surface area (Å²) in [5.74, 6) is 0.919. The van der Waals surface area contributed by atoms with Gasteiger partial charge in [0.25, 0.3) is 0 Å². The molecule has 0 amide bonds. The Kier molecular flexibility index (Phi) is 4.22. The summed E-state index contributed by atoms with van der Waals surface area (Å²) < 4.78 is 5.40. The average molecular weight is 244 g/mol. The van der Waals surface area contributed by atoms with E-state index in [1.165, 1.54) is 24.0 Å². The number of likely N-dealkylation sites (tertiary alicyclic amines) is 1. The summed E-state index contributed by atoms with van der Waals surface area (Å²) in [6.07, 6.45) is 3.34. The quantitative estimate of drug-likeness (QED) is 0.820. The maximum Gasteiger partial charge on any atom is 0.123 e. The molecule has 0 saturated carbocycles. The summed E-state index contributed by atoms with van der Waals surface area (Å²) >= 11 is 0. The summed E-state index contributed by atoms with van der Waals surface area (Å²) in [4.78, 5) is 2.26. The summed E-state index contributed by atoms with van der Waals surface area (Å²) in [6, 6.07) is 8.69. The maximum absolute atomic E-state index is 9.20. The zero-order valence-corrected chi connectivity index (χ0v) is 11.1. The van der Waals surface area contributed by atoms with Crippen LogP contribution in [0.3, 0.4) is 0 Å². The zero-order valence-electron chi connectivity index (χ0n) is 11.1. The van der Waals surface area contributed by atoms with E-state index in [2.05, 4.69) is 30.0 Å². The number of hydrogen-bond donors (Lipinski definition) is 0. The van der Waals surface area contributed by atoms with Crippen LogP contribution in [-0.4, -0.2) is 24.6 Å². The van der Waals surface area contributed by atoms with E-state index < -0.39 is 0 Å². The van der Waals surface area contributed by atoms with Gasteiger partial charge in [-0.1, -0.05) is 17.7 Å². The molecule has 1 unspecified atom stereocenters. The first-order valence-electron chi connectivity index (χ1n) is 6.52. The molecule has 0 radical (unpaired) electrons. The molecule has 0 spiro atoms. The normalized spacial score (nSPS) is 20.4. The highest BCUT2D eigenvalue weighted by Crippen LogP contribution is 2.25. The Morgan fingerprint density at radius 3 is 3.00 bits per heavy atom. The summed E-state index contributed by atoms with van der Waals surface area (Å²) in [6.45, 7) is 3.90. The molecule has 1 saturated heterocycles. The van der Waals surface area contributed by atoms with E-state index >= 15 is 0 Å². The van der Waals surface area contributed by atoms with Crippen LogP contribution >= 0.6 is 0 Å². The molecule has 0 aromatic heterocycles. The van der Waals surface area contributed by atoms with Gasteiger partial charge in [0.1, 0.15) is 5.75 Å². The molecular formula is C15H20N2O.